The molecule has 2 aliphatic heterocycles. The lowest BCUT2D eigenvalue weighted by atomic mass is 9.87. The minimum Gasteiger partial charge on any atom is -0.488 e. The van der Waals surface area contributed by atoms with Crippen LogP contribution in [0.25, 0.3) is 0 Å². The third kappa shape index (κ3) is 5.57. The molecule has 11 heteroatoms. The molecule has 0 spiro atoms. The molecule has 0 radical (unpaired) electrons. The van der Waals surface area contributed by atoms with Crippen molar-refractivity contribution in [3.05, 3.63) is 46.9 Å². The number of anilines is 3. The molecular weight excluding hydrogens is 514 g/mol. The van der Waals surface area contributed by atoms with E-state index in [2.05, 4.69) is 45.4 Å². The van der Waals surface area contributed by atoms with E-state index >= 15 is 0 Å². The monoisotopic (exact) mass is 555 g/mol. The molecule has 10 nitrogen and oxygen atoms in total. The molecule has 4 N–H and O–H groups in total. The molecule has 3 heterocycles. The summed E-state index contributed by atoms with van der Waals surface area (Å²) in [5.41, 5.74) is 7.78. The second kappa shape index (κ2) is 10.6. The van der Waals surface area contributed by atoms with E-state index < -0.39 is 20.0 Å². The SMILES string of the molecule is Cc1cc(Nc2ncc(C)c(NC3=CN(C)NC3(C)S(=O)(=O)C(C)C)n2)c(OC2CC2)cc1C1CCNCC1. The molecule has 1 aromatic carbocycles. The number of benzene rings is 1. The molecule has 2 fully saturated rings. The molecule has 3 aliphatic rings. The summed E-state index contributed by atoms with van der Waals surface area (Å²) in [6.45, 7) is 11.2. The lowest BCUT2D eigenvalue weighted by Gasteiger charge is -2.31. The fraction of sp³-hybridized carbons (Fsp3) is 0.571. The fourth-order valence-electron chi connectivity index (χ4n) is 5.30. The third-order valence-corrected chi connectivity index (χ3v) is 10.5. The molecule has 5 rings (SSSR count). The van der Waals surface area contributed by atoms with E-state index in [-0.39, 0.29) is 6.10 Å². The van der Waals surface area contributed by atoms with Crippen molar-refractivity contribution in [1.29, 1.82) is 0 Å². The molecule has 1 saturated heterocycles. The Morgan fingerprint density at radius 1 is 1.10 bits per heavy atom. The number of sulfone groups is 1. The smallest absolute Gasteiger partial charge is 0.229 e. The topological polar surface area (TPSA) is 121 Å². The van der Waals surface area contributed by atoms with Gasteiger partial charge in [-0.2, -0.15) is 4.98 Å². The predicted octanol–water partition coefficient (Wildman–Crippen LogP) is 4.09. The van der Waals surface area contributed by atoms with Gasteiger partial charge in [-0.05, 0) is 103 Å². The Labute approximate surface area is 231 Å². The van der Waals surface area contributed by atoms with Crippen LogP contribution in [0.2, 0.25) is 0 Å². The molecule has 1 saturated carbocycles. The molecule has 2 aromatic rings. The molecule has 1 aliphatic carbocycles. The highest BCUT2D eigenvalue weighted by molar-refractivity contribution is 7.93. The van der Waals surface area contributed by atoms with Crippen LogP contribution in [-0.4, -0.2) is 59.8 Å². The predicted molar refractivity (Wildman–Crippen MR) is 155 cm³/mol. The van der Waals surface area contributed by atoms with Gasteiger partial charge in [0.15, 0.2) is 14.7 Å². The Hall–Kier alpha value is -2.89. The van der Waals surface area contributed by atoms with E-state index in [0.717, 1.165) is 55.8 Å². The van der Waals surface area contributed by atoms with Gasteiger partial charge in [0.25, 0.3) is 0 Å². The highest BCUT2D eigenvalue weighted by atomic mass is 32.2. The molecule has 39 heavy (non-hydrogen) atoms. The van der Waals surface area contributed by atoms with Crippen LogP contribution in [0.1, 0.15) is 69.1 Å². The molecule has 0 bridgehead atoms. The third-order valence-electron chi connectivity index (χ3n) is 7.85. The standard InChI is InChI=1S/C28H41N7O3S/c1-17(2)39(36,37)28(5)25(16-35(6)34-28)32-26-19(4)15-30-27(33-26)31-23-13-18(3)22(20-9-11-29-12-10-20)14-24(23)38-21-7-8-21/h13-17,20-21,29,34H,7-12H2,1-6H3,(H2,30,31,32,33). The first-order chi connectivity index (χ1) is 18.5. The van der Waals surface area contributed by atoms with Gasteiger partial charge in [0.1, 0.15) is 11.6 Å². The lowest BCUT2D eigenvalue weighted by molar-refractivity contribution is 0.304. The first-order valence-electron chi connectivity index (χ1n) is 13.8. The number of aromatic nitrogens is 2. The summed E-state index contributed by atoms with van der Waals surface area (Å²) in [5, 5.41) is 11.2. The van der Waals surface area contributed by atoms with Crippen molar-refractivity contribution in [3.63, 3.8) is 0 Å². The van der Waals surface area contributed by atoms with E-state index in [1.807, 2.05) is 6.92 Å². The number of rotatable bonds is 9. The largest absolute Gasteiger partial charge is 0.488 e. The van der Waals surface area contributed by atoms with Crippen molar-refractivity contribution in [2.45, 2.75) is 82.4 Å². The summed E-state index contributed by atoms with van der Waals surface area (Å²) in [6.07, 6.45) is 8.12. The van der Waals surface area contributed by atoms with Gasteiger partial charge in [0.05, 0.1) is 22.7 Å². The average Bonchev–Trinajstić information content (AvgIpc) is 3.66. The average molecular weight is 556 g/mol. The summed E-state index contributed by atoms with van der Waals surface area (Å²) in [7, 11) is -1.76. The molecule has 1 atom stereocenters. The van der Waals surface area contributed by atoms with Crippen LogP contribution >= 0.6 is 0 Å². The second-order valence-corrected chi connectivity index (χ2v) is 14.3. The minimum absolute atomic E-state index is 0.254. The first-order valence-corrected chi connectivity index (χ1v) is 15.4. The number of aryl methyl sites for hydroxylation is 2. The maximum absolute atomic E-state index is 13.3. The number of nitrogens with zero attached hydrogens (tertiary/aromatic N) is 3. The number of ether oxygens (including phenoxy) is 1. The zero-order valence-corrected chi connectivity index (χ0v) is 24.6. The van der Waals surface area contributed by atoms with Gasteiger partial charge < -0.3 is 25.7 Å². The highest BCUT2D eigenvalue weighted by Crippen LogP contribution is 2.39. The Morgan fingerprint density at radius 3 is 2.49 bits per heavy atom. The maximum atomic E-state index is 13.3. The van der Waals surface area contributed by atoms with Crippen LogP contribution in [0, 0.1) is 13.8 Å². The molecule has 0 amide bonds. The van der Waals surface area contributed by atoms with Gasteiger partial charge in [-0.1, -0.05) is 0 Å². The Balaban J connectivity index is 1.43. The van der Waals surface area contributed by atoms with Crippen LogP contribution in [-0.2, 0) is 9.84 Å². The summed E-state index contributed by atoms with van der Waals surface area (Å²) >= 11 is 0. The van der Waals surface area contributed by atoms with E-state index in [0.29, 0.717) is 23.4 Å². The molecular formula is C28H41N7O3S. The van der Waals surface area contributed by atoms with E-state index in [4.69, 9.17) is 9.72 Å². The summed E-state index contributed by atoms with van der Waals surface area (Å²) in [4.78, 5) is 7.96. The van der Waals surface area contributed by atoms with Crippen LogP contribution in [0.15, 0.2) is 30.2 Å². The molecule has 1 aromatic heterocycles. The first kappa shape index (κ1) is 27.7. The quantitative estimate of drug-likeness (QED) is 0.360. The van der Waals surface area contributed by atoms with Crippen LogP contribution < -0.4 is 26.1 Å². The van der Waals surface area contributed by atoms with Gasteiger partial charge in [0.2, 0.25) is 5.95 Å². The minimum atomic E-state index is -3.54. The van der Waals surface area contributed by atoms with Gasteiger partial charge in [-0.25, -0.2) is 18.8 Å². The van der Waals surface area contributed by atoms with E-state index in [1.165, 1.54) is 11.1 Å². The zero-order valence-electron chi connectivity index (χ0n) is 23.8. The summed E-state index contributed by atoms with van der Waals surface area (Å²) in [5.74, 6) is 2.30. The van der Waals surface area contributed by atoms with Crippen molar-refractivity contribution in [3.8, 4) is 5.75 Å². The van der Waals surface area contributed by atoms with Crippen molar-refractivity contribution >= 4 is 27.3 Å². The van der Waals surface area contributed by atoms with Crippen molar-refractivity contribution in [1.82, 2.24) is 25.7 Å². The number of hydrogen-bond acceptors (Lipinski definition) is 10. The zero-order chi connectivity index (χ0) is 27.9. The number of hydrogen-bond donors (Lipinski definition) is 4. The van der Waals surface area contributed by atoms with Crippen molar-refractivity contribution in [2.24, 2.45) is 0 Å². The van der Waals surface area contributed by atoms with Crippen molar-refractivity contribution in [2.75, 3.05) is 30.8 Å². The maximum Gasteiger partial charge on any atom is 0.229 e. The van der Waals surface area contributed by atoms with Crippen LogP contribution in [0.5, 0.6) is 5.75 Å². The second-order valence-electron chi connectivity index (χ2n) is 11.4. The highest BCUT2D eigenvalue weighted by Gasteiger charge is 2.48. The lowest BCUT2D eigenvalue weighted by Crippen LogP contribution is -2.54. The van der Waals surface area contributed by atoms with Crippen molar-refractivity contribution < 1.29 is 13.2 Å². The Morgan fingerprint density at radius 2 is 1.82 bits per heavy atom. The normalized spacial score (nSPS) is 22.2. The Bertz CT molecular complexity index is 1370. The van der Waals surface area contributed by atoms with Gasteiger partial charge >= 0.3 is 0 Å². The number of piperidine rings is 1. The van der Waals surface area contributed by atoms with Gasteiger partial charge in [-0.15, -0.1) is 0 Å². The summed E-state index contributed by atoms with van der Waals surface area (Å²) in [6, 6.07) is 4.34. The summed E-state index contributed by atoms with van der Waals surface area (Å²) < 4.78 is 32.9. The van der Waals surface area contributed by atoms with Gasteiger partial charge in [-0.3, -0.25) is 0 Å². The van der Waals surface area contributed by atoms with Crippen LogP contribution in [0.3, 0.4) is 0 Å². The van der Waals surface area contributed by atoms with E-state index in [9.17, 15) is 8.42 Å². The molecule has 1 unspecified atom stereocenters. The Kier molecular flexibility index (Phi) is 7.51. The number of hydrazine groups is 1. The fourth-order valence-corrected chi connectivity index (χ4v) is 6.92. The van der Waals surface area contributed by atoms with E-state index in [1.54, 1.807) is 45.2 Å². The molecule has 212 valence electrons. The van der Waals surface area contributed by atoms with Crippen LogP contribution in [0.4, 0.5) is 17.5 Å². The van der Waals surface area contributed by atoms with Gasteiger partial charge in [0, 0.05) is 25.0 Å². The number of nitrogens with one attached hydrogen (secondary N) is 4.